The number of carbonyl (C=O) groups excluding carboxylic acids is 2. The maximum Gasteiger partial charge on any atom is 0.260 e. The van der Waals surface area contributed by atoms with Gasteiger partial charge < -0.3 is 14.8 Å². The molecule has 0 unspecified atom stereocenters. The predicted molar refractivity (Wildman–Crippen MR) is 76.4 cm³/mol. The van der Waals surface area contributed by atoms with E-state index < -0.39 is 6.10 Å². The molecule has 5 heteroatoms. The van der Waals surface area contributed by atoms with Crippen LogP contribution in [0.5, 0.6) is 11.5 Å². The number of nitrogens with one attached hydrogen (secondary N) is 1. The highest BCUT2D eigenvalue weighted by Crippen LogP contribution is 2.26. The molecule has 0 fully saturated rings. The fourth-order valence-electron chi connectivity index (χ4n) is 1.66. The van der Waals surface area contributed by atoms with Gasteiger partial charge in [0.15, 0.2) is 11.9 Å². The Bertz CT molecular complexity index is 497. The second-order valence-electron chi connectivity index (χ2n) is 4.84. The van der Waals surface area contributed by atoms with Gasteiger partial charge in [-0.2, -0.15) is 0 Å². The predicted octanol–water partition coefficient (Wildman–Crippen LogP) is 2.19. The van der Waals surface area contributed by atoms with Crippen molar-refractivity contribution < 1.29 is 19.1 Å². The second kappa shape index (κ2) is 6.93. The molecule has 0 radical (unpaired) electrons. The number of ether oxygens (including phenoxy) is 2. The third kappa shape index (κ3) is 4.26. The molecule has 110 valence electrons. The van der Waals surface area contributed by atoms with Gasteiger partial charge in [0.2, 0.25) is 0 Å². The number of benzene rings is 1. The number of carbonyl (C=O) groups is 2. The van der Waals surface area contributed by atoms with Crippen LogP contribution in [0.2, 0.25) is 0 Å². The summed E-state index contributed by atoms with van der Waals surface area (Å²) in [7, 11) is 1.53. The molecule has 1 aromatic rings. The Morgan fingerprint density at radius 1 is 1.20 bits per heavy atom. The minimum atomic E-state index is -0.692. The number of hydrogen-bond donors (Lipinski definition) is 1. The van der Waals surface area contributed by atoms with Gasteiger partial charge in [-0.15, -0.1) is 0 Å². The molecule has 1 rings (SSSR count). The Morgan fingerprint density at radius 2 is 1.85 bits per heavy atom. The van der Waals surface area contributed by atoms with E-state index in [0.29, 0.717) is 17.1 Å². The fourth-order valence-corrected chi connectivity index (χ4v) is 1.66. The lowest BCUT2D eigenvalue weighted by Crippen LogP contribution is -2.40. The number of methoxy groups -OCH3 is 1. The van der Waals surface area contributed by atoms with Gasteiger partial charge in [0, 0.05) is 12.1 Å². The molecule has 20 heavy (non-hydrogen) atoms. The van der Waals surface area contributed by atoms with Crippen LogP contribution in [0.25, 0.3) is 0 Å². The molecular weight excluding hydrogens is 258 g/mol. The lowest BCUT2D eigenvalue weighted by molar-refractivity contribution is -0.127. The maximum atomic E-state index is 11.8. The van der Waals surface area contributed by atoms with Crippen LogP contribution in [0.3, 0.4) is 0 Å². The largest absolute Gasteiger partial charge is 0.497 e. The zero-order valence-electron chi connectivity index (χ0n) is 12.5. The molecule has 0 aliphatic carbocycles. The van der Waals surface area contributed by atoms with Crippen LogP contribution in [0.4, 0.5) is 0 Å². The summed E-state index contributed by atoms with van der Waals surface area (Å²) in [6, 6.07) is 4.95. The van der Waals surface area contributed by atoms with Crippen LogP contribution < -0.4 is 14.8 Å². The first-order valence-corrected chi connectivity index (χ1v) is 6.51. The summed E-state index contributed by atoms with van der Waals surface area (Å²) < 4.78 is 10.7. The van der Waals surface area contributed by atoms with E-state index in [1.807, 2.05) is 13.8 Å². The average molecular weight is 279 g/mol. The Balaban J connectivity index is 2.94. The van der Waals surface area contributed by atoms with E-state index in [1.54, 1.807) is 25.1 Å². The third-order valence-electron chi connectivity index (χ3n) is 2.67. The Kier molecular flexibility index (Phi) is 5.55. The summed E-state index contributed by atoms with van der Waals surface area (Å²) in [6.45, 7) is 6.84. The second-order valence-corrected chi connectivity index (χ2v) is 4.84. The lowest BCUT2D eigenvalue weighted by atomic mass is 10.1. The standard InChI is InChI=1S/C15H21NO4/c1-9(2)16-15(18)11(4)20-14-8-12(19-5)6-7-13(14)10(3)17/h6-9,11H,1-5H3,(H,16,18)/t11-/m0/s1. The van der Waals surface area contributed by atoms with Crippen molar-refractivity contribution in [3.63, 3.8) is 0 Å². The van der Waals surface area contributed by atoms with Crippen molar-refractivity contribution in [2.75, 3.05) is 7.11 Å². The minimum Gasteiger partial charge on any atom is -0.497 e. The zero-order valence-corrected chi connectivity index (χ0v) is 12.5. The number of hydrogen-bond acceptors (Lipinski definition) is 4. The normalized spacial score (nSPS) is 11.9. The van der Waals surface area contributed by atoms with Crippen molar-refractivity contribution in [1.82, 2.24) is 5.32 Å². The van der Waals surface area contributed by atoms with E-state index in [1.165, 1.54) is 14.0 Å². The van der Waals surface area contributed by atoms with Gasteiger partial charge in [-0.25, -0.2) is 0 Å². The van der Waals surface area contributed by atoms with Crippen molar-refractivity contribution in [2.24, 2.45) is 0 Å². The zero-order chi connectivity index (χ0) is 15.3. The van der Waals surface area contributed by atoms with Crippen LogP contribution in [-0.4, -0.2) is 30.9 Å². The molecule has 0 bridgehead atoms. The topological polar surface area (TPSA) is 64.6 Å². The van der Waals surface area contributed by atoms with Crippen molar-refractivity contribution in [3.8, 4) is 11.5 Å². The first-order valence-electron chi connectivity index (χ1n) is 6.51. The summed E-state index contributed by atoms with van der Waals surface area (Å²) >= 11 is 0. The van der Waals surface area contributed by atoms with Gasteiger partial charge in [-0.05, 0) is 39.8 Å². The van der Waals surface area contributed by atoms with E-state index in [0.717, 1.165) is 0 Å². The van der Waals surface area contributed by atoms with Crippen molar-refractivity contribution in [1.29, 1.82) is 0 Å². The summed E-state index contributed by atoms with van der Waals surface area (Å²) in [6.07, 6.45) is -0.692. The van der Waals surface area contributed by atoms with Crippen LogP contribution in [-0.2, 0) is 4.79 Å². The average Bonchev–Trinajstić information content (AvgIpc) is 2.37. The fraction of sp³-hybridized carbons (Fsp3) is 0.467. The smallest absolute Gasteiger partial charge is 0.260 e. The summed E-state index contributed by atoms with van der Waals surface area (Å²) in [5.74, 6) is 0.571. The molecule has 0 aliphatic heterocycles. The third-order valence-corrected chi connectivity index (χ3v) is 2.67. The lowest BCUT2D eigenvalue weighted by Gasteiger charge is -2.18. The highest BCUT2D eigenvalue weighted by atomic mass is 16.5. The molecule has 0 heterocycles. The van der Waals surface area contributed by atoms with Gasteiger partial charge in [0.05, 0.1) is 12.7 Å². The van der Waals surface area contributed by atoms with Crippen LogP contribution in [0.15, 0.2) is 18.2 Å². The van der Waals surface area contributed by atoms with Gasteiger partial charge in [-0.1, -0.05) is 0 Å². The van der Waals surface area contributed by atoms with Crippen LogP contribution in [0.1, 0.15) is 38.1 Å². The SMILES string of the molecule is COc1ccc(C(C)=O)c(O[C@@H](C)C(=O)NC(C)C)c1. The first-order chi connectivity index (χ1) is 9.35. The number of amides is 1. The molecule has 0 aliphatic rings. The van der Waals surface area contributed by atoms with Crippen LogP contribution >= 0.6 is 0 Å². The maximum absolute atomic E-state index is 11.8. The Labute approximate surface area is 119 Å². The molecule has 0 saturated heterocycles. The van der Waals surface area contributed by atoms with Crippen molar-refractivity contribution in [3.05, 3.63) is 23.8 Å². The summed E-state index contributed by atoms with van der Waals surface area (Å²) in [5, 5.41) is 2.76. The first kappa shape index (κ1) is 16.0. The van der Waals surface area contributed by atoms with E-state index in [-0.39, 0.29) is 17.7 Å². The molecule has 0 spiro atoms. The molecule has 1 amide bonds. The van der Waals surface area contributed by atoms with Crippen molar-refractivity contribution in [2.45, 2.75) is 39.8 Å². The van der Waals surface area contributed by atoms with Crippen LogP contribution in [0, 0.1) is 0 Å². The van der Waals surface area contributed by atoms with Gasteiger partial charge in [-0.3, -0.25) is 9.59 Å². The molecule has 1 N–H and O–H groups in total. The number of rotatable bonds is 6. The highest BCUT2D eigenvalue weighted by Gasteiger charge is 2.18. The summed E-state index contributed by atoms with van der Waals surface area (Å²) in [5.41, 5.74) is 0.426. The molecule has 5 nitrogen and oxygen atoms in total. The number of Topliss-reactive ketones (excluding diaryl/α,β-unsaturated/α-hetero) is 1. The van der Waals surface area contributed by atoms with E-state index in [9.17, 15) is 9.59 Å². The molecule has 0 saturated carbocycles. The quantitative estimate of drug-likeness (QED) is 0.811. The molecular formula is C15H21NO4. The van der Waals surface area contributed by atoms with Crippen molar-refractivity contribution >= 4 is 11.7 Å². The molecule has 1 aromatic carbocycles. The van der Waals surface area contributed by atoms with E-state index >= 15 is 0 Å². The number of ketones is 1. The van der Waals surface area contributed by atoms with Gasteiger partial charge in [0.1, 0.15) is 11.5 Å². The van der Waals surface area contributed by atoms with E-state index in [2.05, 4.69) is 5.32 Å². The van der Waals surface area contributed by atoms with Gasteiger partial charge >= 0.3 is 0 Å². The molecule has 1 atom stereocenters. The minimum absolute atomic E-state index is 0.0335. The highest BCUT2D eigenvalue weighted by molar-refractivity contribution is 5.97. The van der Waals surface area contributed by atoms with Gasteiger partial charge in [0.25, 0.3) is 5.91 Å². The monoisotopic (exact) mass is 279 g/mol. The molecule has 0 aromatic heterocycles. The Hall–Kier alpha value is -2.04. The Morgan fingerprint density at radius 3 is 2.35 bits per heavy atom. The van der Waals surface area contributed by atoms with E-state index in [4.69, 9.17) is 9.47 Å². The summed E-state index contributed by atoms with van der Waals surface area (Å²) in [4.78, 5) is 23.4.